The van der Waals surface area contributed by atoms with Crippen LogP contribution in [0, 0.1) is 12.8 Å². The Morgan fingerprint density at radius 2 is 1.95 bits per heavy atom. The van der Waals surface area contributed by atoms with Crippen molar-refractivity contribution in [2.24, 2.45) is 5.92 Å². The summed E-state index contributed by atoms with van der Waals surface area (Å²) in [5.74, 6) is 1.57. The number of carbonyl (C=O) groups is 1. The van der Waals surface area contributed by atoms with Crippen molar-refractivity contribution in [1.29, 1.82) is 0 Å². The molecule has 0 aliphatic carbocycles. The molecule has 1 aromatic rings. The summed E-state index contributed by atoms with van der Waals surface area (Å²) in [7, 11) is 1.60. The fraction of sp³-hybridized carbons (Fsp3) is 0.643. The van der Waals surface area contributed by atoms with Crippen LogP contribution in [0.3, 0.4) is 0 Å². The number of hydrogen-bond donors (Lipinski definition) is 0. The van der Waals surface area contributed by atoms with Gasteiger partial charge in [0.15, 0.2) is 5.82 Å². The van der Waals surface area contributed by atoms with E-state index in [1.807, 2.05) is 25.7 Å². The standard InChI is InChI=1S/C14H22N4O2/c1-10(2)14(19)18-7-5-17(6-8-18)12-13(20-4)16-11(3)9-15-12/h9-10H,5-8H2,1-4H3. The molecule has 0 N–H and O–H groups in total. The van der Waals surface area contributed by atoms with E-state index in [0.29, 0.717) is 5.88 Å². The number of nitrogens with zero attached hydrogens (tertiary/aromatic N) is 4. The summed E-state index contributed by atoms with van der Waals surface area (Å²) in [6.07, 6.45) is 1.74. The minimum Gasteiger partial charge on any atom is -0.478 e. The van der Waals surface area contributed by atoms with Gasteiger partial charge in [0.2, 0.25) is 5.91 Å². The van der Waals surface area contributed by atoms with Gasteiger partial charge in [-0.15, -0.1) is 0 Å². The highest BCUT2D eigenvalue weighted by molar-refractivity contribution is 5.78. The molecule has 1 fully saturated rings. The molecule has 0 aromatic carbocycles. The van der Waals surface area contributed by atoms with Gasteiger partial charge in [0.25, 0.3) is 5.88 Å². The highest BCUT2D eigenvalue weighted by atomic mass is 16.5. The number of carbonyl (C=O) groups excluding carboxylic acids is 1. The van der Waals surface area contributed by atoms with Gasteiger partial charge in [0.05, 0.1) is 19.0 Å². The maximum Gasteiger partial charge on any atom is 0.257 e. The van der Waals surface area contributed by atoms with E-state index in [0.717, 1.165) is 37.7 Å². The number of anilines is 1. The monoisotopic (exact) mass is 278 g/mol. The minimum atomic E-state index is 0.0512. The van der Waals surface area contributed by atoms with Gasteiger partial charge in [-0.3, -0.25) is 4.79 Å². The summed E-state index contributed by atoms with van der Waals surface area (Å²) in [6.45, 7) is 8.70. The van der Waals surface area contributed by atoms with Gasteiger partial charge in [0, 0.05) is 32.1 Å². The van der Waals surface area contributed by atoms with Gasteiger partial charge in [-0.25, -0.2) is 9.97 Å². The smallest absolute Gasteiger partial charge is 0.257 e. The van der Waals surface area contributed by atoms with Crippen LogP contribution in [0.25, 0.3) is 0 Å². The van der Waals surface area contributed by atoms with Gasteiger partial charge in [-0.1, -0.05) is 13.8 Å². The zero-order valence-corrected chi connectivity index (χ0v) is 12.6. The lowest BCUT2D eigenvalue weighted by Crippen LogP contribution is -2.50. The molecule has 0 radical (unpaired) electrons. The first-order valence-corrected chi connectivity index (χ1v) is 6.94. The van der Waals surface area contributed by atoms with Crippen LogP contribution in [0.5, 0.6) is 5.88 Å². The Labute approximate surface area is 119 Å². The Bertz CT molecular complexity index is 482. The van der Waals surface area contributed by atoms with Crippen molar-refractivity contribution in [3.63, 3.8) is 0 Å². The molecular formula is C14H22N4O2. The van der Waals surface area contributed by atoms with E-state index in [-0.39, 0.29) is 11.8 Å². The zero-order valence-electron chi connectivity index (χ0n) is 12.6. The van der Waals surface area contributed by atoms with Crippen molar-refractivity contribution in [3.05, 3.63) is 11.9 Å². The first kappa shape index (κ1) is 14.6. The van der Waals surface area contributed by atoms with Gasteiger partial charge in [-0.05, 0) is 6.92 Å². The van der Waals surface area contributed by atoms with Crippen LogP contribution in [0.2, 0.25) is 0 Å². The Morgan fingerprint density at radius 1 is 1.30 bits per heavy atom. The molecule has 0 atom stereocenters. The maximum absolute atomic E-state index is 12.0. The summed E-state index contributed by atoms with van der Waals surface area (Å²) in [5.41, 5.74) is 0.833. The highest BCUT2D eigenvalue weighted by Gasteiger charge is 2.25. The van der Waals surface area contributed by atoms with E-state index in [2.05, 4.69) is 14.9 Å². The average molecular weight is 278 g/mol. The van der Waals surface area contributed by atoms with Gasteiger partial charge in [-0.2, -0.15) is 0 Å². The third kappa shape index (κ3) is 3.00. The largest absolute Gasteiger partial charge is 0.478 e. The van der Waals surface area contributed by atoms with E-state index in [4.69, 9.17) is 4.74 Å². The molecule has 1 aliphatic rings. The number of methoxy groups -OCH3 is 1. The molecule has 0 bridgehead atoms. The second-order valence-corrected chi connectivity index (χ2v) is 5.31. The number of amides is 1. The zero-order chi connectivity index (χ0) is 14.7. The van der Waals surface area contributed by atoms with Gasteiger partial charge < -0.3 is 14.5 Å². The Hall–Kier alpha value is -1.85. The molecule has 6 heteroatoms. The average Bonchev–Trinajstić information content (AvgIpc) is 2.46. The summed E-state index contributed by atoms with van der Waals surface area (Å²) in [6, 6.07) is 0. The number of ether oxygens (including phenoxy) is 1. The molecule has 0 spiro atoms. The Morgan fingerprint density at radius 3 is 2.50 bits per heavy atom. The van der Waals surface area contributed by atoms with E-state index >= 15 is 0 Å². The van der Waals surface area contributed by atoms with E-state index in [1.54, 1.807) is 13.3 Å². The lowest BCUT2D eigenvalue weighted by atomic mass is 10.1. The van der Waals surface area contributed by atoms with E-state index in [1.165, 1.54) is 0 Å². The highest BCUT2D eigenvalue weighted by Crippen LogP contribution is 2.24. The Kier molecular flexibility index (Phi) is 4.42. The number of piperazine rings is 1. The second-order valence-electron chi connectivity index (χ2n) is 5.31. The third-order valence-electron chi connectivity index (χ3n) is 3.42. The van der Waals surface area contributed by atoms with Gasteiger partial charge >= 0.3 is 0 Å². The minimum absolute atomic E-state index is 0.0512. The molecule has 6 nitrogen and oxygen atoms in total. The molecule has 1 amide bonds. The van der Waals surface area contributed by atoms with E-state index < -0.39 is 0 Å². The predicted molar refractivity (Wildman–Crippen MR) is 77.0 cm³/mol. The molecular weight excluding hydrogens is 256 g/mol. The van der Waals surface area contributed by atoms with Crippen molar-refractivity contribution < 1.29 is 9.53 Å². The normalized spacial score (nSPS) is 15.7. The summed E-state index contributed by atoms with van der Waals surface area (Å²) in [4.78, 5) is 24.8. The quantitative estimate of drug-likeness (QED) is 0.828. The van der Waals surface area contributed by atoms with Crippen molar-refractivity contribution in [2.75, 3.05) is 38.2 Å². The lowest BCUT2D eigenvalue weighted by molar-refractivity contribution is -0.134. The fourth-order valence-corrected chi connectivity index (χ4v) is 2.31. The first-order valence-electron chi connectivity index (χ1n) is 6.94. The van der Waals surface area contributed by atoms with Crippen LogP contribution in [-0.2, 0) is 4.79 Å². The molecule has 0 saturated carbocycles. The van der Waals surface area contributed by atoms with Crippen molar-refractivity contribution in [2.45, 2.75) is 20.8 Å². The maximum atomic E-state index is 12.0. The van der Waals surface area contributed by atoms with Crippen molar-refractivity contribution in [1.82, 2.24) is 14.9 Å². The molecule has 0 unspecified atom stereocenters. The number of aromatic nitrogens is 2. The second kappa shape index (κ2) is 6.07. The number of hydrogen-bond acceptors (Lipinski definition) is 5. The van der Waals surface area contributed by atoms with Crippen LogP contribution in [0.1, 0.15) is 19.5 Å². The van der Waals surface area contributed by atoms with Crippen LogP contribution in [0.15, 0.2) is 6.20 Å². The van der Waals surface area contributed by atoms with Crippen LogP contribution < -0.4 is 9.64 Å². The third-order valence-corrected chi connectivity index (χ3v) is 3.42. The Balaban J connectivity index is 2.06. The SMILES string of the molecule is COc1nc(C)cnc1N1CCN(C(=O)C(C)C)CC1. The molecule has 1 aliphatic heterocycles. The lowest BCUT2D eigenvalue weighted by Gasteiger charge is -2.36. The van der Waals surface area contributed by atoms with Crippen molar-refractivity contribution >= 4 is 11.7 Å². The molecule has 110 valence electrons. The van der Waals surface area contributed by atoms with Crippen LogP contribution in [0.4, 0.5) is 5.82 Å². The predicted octanol–water partition coefficient (Wildman–Crippen LogP) is 1.10. The number of aryl methyl sites for hydroxylation is 1. The summed E-state index contributed by atoms with van der Waals surface area (Å²) >= 11 is 0. The molecule has 1 saturated heterocycles. The molecule has 2 heterocycles. The van der Waals surface area contributed by atoms with Gasteiger partial charge in [0.1, 0.15) is 0 Å². The summed E-state index contributed by atoms with van der Waals surface area (Å²) < 4.78 is 5.30. The van der Waals surface area contributed by atoms with E-state index in [9.17, 15) is 4.79 Å². The van der Waals surface area contributed by atoms with Crippen LogP contribution >= 0.6 is 0 Å². The first-order chi connectivity index (χ1) is 9.52. The van der Waals surface area contributed by atoms with Crippen molar-refractivity contribution in [3.8, 4) is 5.88 Å². The molecule has 2 rings (SSSR count). The number of rotatable bonds is 3. The van der Waals surface area contributed by atoms with Crippen LogP contribution in [-0.4, -0.2) is 54.1 Å². The molecule has 1 aromatic heterocycles. The topological polar surface area (TPSA) is 58.6 Å². The molecule has 20 heavy (non-hydrogen) atoms. The summed E-state index contributed by atoms with van der Waals surface area (Å²) in [5, 5.41) is 0. The fourth-order valence-electron chi connectivity index (χ4n) is 2.31.